The number of ether oxygens (including phenoxy) is 1. The monoisotopic (exact) mass is 196 g/mol. The first-order chi connectivity index (χ1) is 6.70. The fraction of sp³-hybridized carbons (Fsp3) is 0.917. The number of hydrogen-bond donors (Lipinski definition) is 0. The minimum atomic E-state index is 0.0630. The number of hydrogen-bond acceptors (Lipinski definition) is 2. The summed E-state index contributed by atoms with van der Waals surface area (Å²) < 4.78 is 5.00. The van der Waals surface area contributed by atoms with Gasteiger partial charge in [0.05, 0.1) is 12.5 Å². The van der Waals surface area contributed by atoms with Crippen LogP contribution in [0.2, 0.25) is 0 Å². The van der Waals surface area contributed by atoms with E-state index in [1.54, 1.807) is 0 Å². The van der Waals surface area contributed by atoms with Gasteiger partial charge < -0.3 is 4.74 Å². The molecule has 0 unspecified atom stereocenters. The second-order valence-corrected chi connectivity index (χ2v) is 5.03. The molecule has 14 heavy (non-hydrogen) atoms. The molecule has 80 valence electrons. The highest BCUT2D eigenvalue weighted by atomic mass is 16.5. The van der Waals surface area contributed by atoms with Crippen molar-refractivity contribution in [2.24, 2.45) is 17.3 Å². The highest BCUT2D eigenvalue weighted by Crippen LogP contribution is 2.64. The minimum absolute atomic E-state index is 0.0630. The van der Waals surface area contributed by atoms with Crippen LogP contribution in [0, 0.1) is 17.3 Å². The van der Waals surface area contributed by atoms with Crippen molar-refractivity contribution in [3.63, 3.8) is 0 Å². The number of cyclic esters (lactones) is 1. The van der Waals surface area contributed by atoms with E-state index >= 15 is 0 Å². The maximum absolute atomic E-state index is 11.3. The third-order valence-electron chi connectivity index (χ3n) is 4.08. The van der Waals surface area contributed by atoms with E-state index in [4.69, 9.17) is 4.74 Å². The van der Waals surface area contributed by atoms with Gasteiger partial charge in [0.25, 0.3) is 0 Å². The van der Waals surface area contributed by atoms with Crippen LogP contribution in [0.15, 0.2) is 0 Å². The zero-order valence-corrected chi connectivity index (χ0v) is 9.21. The molecule has 0 aromatic heterocycles. The summed E-state index contributed by atoms with van der Waals surface area (Å²) in [6.07, 6.45) is 6.43. The number of rotatable bonds is 5. The van der Waals surface area contributed by atoms with Gasteiger partial charge in [-0.05, 0) is 11.8 Å². The average molecular weight is 196 g/mol. The SMILES string of the molecule is CCCCCC[C@@]1(C)[C@@H]2COC(=O)[C@@H]21. The molecule has 0 radical (unpaired) electrons. The summed E-state index contributed by atoms with van der Waals surface area (Å²) in [5.74, 6) is 0.869. The van der Waals surface area contributed by atoms with Crippen molar-refractivity contribution in [2.75, 3.05) is 6.61 Å². The van der Waals surface area contributed by atoms with Gasteiger partial charge in [0, 0.05) is 5.92 Å². The van der Waals surface area contributed by atoms with Gasteiger partial charge in [-0.2, -0.15) is 0 Å². The van der Waals surface area contributed by atoms with Gasteiger partial charge >= 0.3 is 5.97 Å². The van der Waals surface area contributed by atoms with Gasteiger partial charge in [0.2, 0.25) is 0 Å². The van der Waals surface area contributed by atoms with E-state index in [1.165, 1.54) is 32.1 Å². The lowest BCUT2D eigenvalue weighted by atomic mass is 9.95. The zero-order chi connectivity index (χ0) is 10.2. The van der Waals surface area contributed by atoms with Gasteiger partial charge in [0.1, 0.15) is 0 Å². The number of fused-ring (bicyclic) bond motifs is 1. The molecule has 0 aromatic carbocycles. The molecular formula is C12H20O2. The summed E-state index contributed by atoms with van der Waals surface area (Å²) in [6, 6.07) is 0. The fourth-order valence-corrected chi connectivity index (χ4v) is 2.92. The molecule has 0 aromatic rings. The largest absolute Gasteiger partial charge is 0.465 e. The first kappa shape index (κ1) is 10.0. The van der Waals surface area contributed by atoms with E-state index in [9.17, 15) is 4.79 Å². The summed E-state index contributed by atoms with van der Waals surface area (Å²) in [7, 11) is 0. The molecule has 1 saturated carbocycles. The lowest BCUT2D eigenvalue weighted by Gasteiger charge is -2.14. The van der Waals surface area contributed by atoms with Crippen LogP contribution in [-0.4, -0.2) is 12.6 Å². The summed E-state index contributed by atoms with van der Waals surface area (Å²) >= 11 is 0. The Morgan fingerprint density at radius 1 is 1.43 bits per heavy atom. The van der Waals surface area contributed by atoms with E-state index in [-0.39, 0.29) is 11.9 Å². The molecule has 2 heteroatoms. The maximum Gasteiger partial charge on any atom is 0.309 e. The Bertz CT molecular complexity index is 236. The Kier molecular flexibility index (Phi) is 2.54. The summed E-state index contributed by atoms with van der Waals surface area (Å²) in [5.41, 5.74) is 0.309. The number of carbonyl (C=O) groups excluding carboxylic acids is 1. The second kappa shape index (κ2) is 3.56. The predicted octanol–water partition coefficient (Wildman–Crippen LogP) is 2.77. The molecule has 0 N–H and O–H groups in total. The van der Waals surface area contributed by atoms with Crippen LogP contribution >= 0.6 is 0 Å². The lowest BCUT2D eigenvalue weighted by molar-refractivity contribution is -0.143. The fourth-order valence-electron chi connectivity index (χ4n) is 2.92. The molecule has 2 nitrogen and oxygen atoms in total. The molecule has 1 aliphatic carbocycles. The predicted molar refractivity (Wildman–Crippen MR) is 54.8 cm³/mol. The van der Waals surface area contributed by atoms with E-state index in [0.29, 0.717) is 17.9 Å². The molecular weight excluding hydrogens is 176 g/mol. The summed E-state index contributed by atoms with van der Waals surface area (Å²) in [6.45, 7) is 5.17. The van der Waals surface area contributed by atoms with E-state index < -0.39 is 0 Å². The van der Waals surface area contributed by atoms with Crippen molar-refractivity contribution < 1.29 is 9.53 Å². The Labute approximate surface area is 86.0 Å². The first-order valence-electron chi connectivity index (χ1n) is 5.87. The number of esters is 1. The molecule has 1 heterocycles. The number of carbonyl (C=O) groups is 1. The smallest absolute Gasteiger partial charge is 0.309 e. The third-order valence-corrected chi connectivity index (χ3v) is 4.08. The maximum atomic E-state index is 11.3. The van der Waals surface area contributed by atoms with Crippen LogP contribution in [0.25, 0.3) is 0 Å². The van der Waals surface area contributed by atoms with Gasteiger partial charge in [-0.25, -0.2) is 0 Å². The molecule has 0 amide bonds. The van der Waals surface area contributed by atoms with Crippen LogP contribution in [0.3, 0.4) is 0 Å². The molecule has 0 bridgehead atoms. The van der Waals surface area contributed by atoms with Crippen molar-refractivity contribution in [2.45, 2.75) is 46.0 Å². The van der Waals surface area contributed by atoms with Crippen LogP contribution in [0.1, 0.15) is 46.0 Å². The van der Waals surface area contributed by atoms with Gasteiger partial charge in [0.15, 0.2) is 0 Å². The first-order valence-corrected chi connectivity index (χ1v) is 5.87. The zero-order valence-electron chi connectivity index (χ0n) is 9.21. The lowest BCUT2D eigenvalue weighted by Crippen LogP contribution is -2.13. The Hall–Kier alpha value is -0.530. The molecule has 2 rings (SSSR count). The quantitative estimate of drug-likeness (QED) is 0.499. The standard InChI is InChI=1S/C12H20O2/c1-3-4-5-6-7-12(2)9-8-14-11(13)10(9)12/h9-10H,3-8H2,1-2H3/t9-,10-,12+/m1/s1. The molecule has 2 aliphatic rings. The molecule has 2 fully saturated rings. The van der Waals surface area contributed by atoms with Crippen LogP contribution < -0.4 is 0 Å². The van der Waals surface area contributed by atoms with Crippen LogP contribution in [0.4, 0.5) is 0 Å². The molecule has 1 aliphatic heterocycles. The molecule has 0 spiro atoms. The van der Waals surface area contributed by atoms with Gasteiger partial charge in [-0.1, -0.05) is 39.5 Å². The van der Waals surface area contributed by atoms with Crippen molar-refractivity contribution in [1.82, 2.24) is 0 Å². The summed E-state index contributed by atoms with van der Waals surface area (Å²) in [4.78, 5) is 11.3. The van der Waals surface area contributed by atoms with Crippen LogP contribution in [-0.2, 0) is 9.53 Å². The van der Waals surface area contributed by atoms with E-state index in [2.05, 4.69) is 13.8 Å². The second-order valence-electron chi connectivity index (χ2n) is 5.03. The Morgan fingerprint density at radius 3 is 2.79 bits per heavy atom. The van der Waals surface area contributed by atoms with Crippen molar-refractivity contribution in [1.29, 1.82) is 0 Å². The highest BCUT2D eigenvalue weighted by molar-refractivity contribution is 5.80. The van der Waals surface area contributed by atoms with Crippen molar-refractivity contribution in [3.05, 3.63) is 0 Å². The third kappa shape index (κ3) is 1.45. The highest BCUT2D eigenvalue weighted by Gasteiger charge is 2.68. The Morgan fingerprint density at radius 2 is 2.21 bits per heavy atom. The topological polar surface area (TPSA) is 26.3 Å². The van der Waals surface area contributed by atoms with Crippen molar-refractivity contribution >= 4 is 5.97 Å². The Balaban J connectivity index is 1.74. The number of unbranched alkanes of at least 4 members (excludes halogenated alkanes) is 3. The van der Waals surface area contributed by atoms with Crippen molar-refractivity contribution in [3.8, 4) is 0 Å². The summed E-state index contributed by atoms with van der Waals surface area (Å²) in [5, 5.41) is 0. The van der Waals surface area contributed by atoms with Gasteiger partial charge in [-0.15, -0.1) is 0 Å². The van der Waals surface area contributed by atoms with Gasteiger partial charge in [-0.3, -0.25) is 4.79 Å². The van der Waals surface area contributed by atoms with E-state index in [0.717, 1.165) is 0 Å². The molecule has 3 atom stereocenters. The normalized spacial score (nSPS) is 39.4. The average Bonchev–Trinajstić information content (AvgIpc) is 2.53. The van der Waals surface area contributed by atoms with Crippen LogP contribution in [0.5, 0.6) is 0 Å². The van der Waals surface area contributed by atoms with E-state index in [1.807, 2.05) is 0 Å². The molecule has 1 saturated heterocycles. The minimum Gasteiger partial charge on any atom is -0.465 e.